The van der Waals surface area contributed by atoms with Crippen molar-refractivity contribution < 1.29 is 0 Å². The fourth-order valence-corrected chi connectivity index (χ4v) is 3.09. The van der Waals surface area contributed by atoms with Crippen LogP contribution in [0.1, 0.15) is 11.7 Å². The van der Waals surface area contributed by atoms with Crippen molar-refractivity contribution in [3.8, 4) is 0 Å². The molecule has 2 aliphatic heterocycles. The molecular formula is C17H21N5. The molecule has 2 aliphatic rings. The van der Waals surface area contributed by atoms with Crippen LogP contribution in [0.2, 0.25) is 0 Å². The molecule has 114 valence electrons. The van der Waals surface area contributed by atoms with Crippen molar-refractivity contribution in [2.24, 2.45) is 0 Å². The van der Waals surface area contributed by atoms with Crippen LogP contribution in [0.4, 0.5) is 17.1 Å². The first kappa shape index (κ1) is 13.4. The average Bonchev–Trinajstić information content (AvgIpc) is 3.00. The molecule has 0 radical (unpaired) electrons. The molecule has 0 spiro atoms. The Balaban J connectivity index is 1.47. The summed E-state index contributed by atoms with van der Waals surface area (Å²) in [5, 5.41) is 6.95. The molecule has 3 heterocycles. The Morgan fingerprint density at radius 1 is 0.955 bits per heavy atom. The number of hydrogen-bond acceptors (Lipinski definition) is 5. The summed E-state index contributed by atoms with van der Waals surface area (Å²) < 4.78 is 0. The summed E-state index contributed by atoms with van der Waals surface area (Å²) in [6.07, 6.45) is 3.80. The first-order chi connectivity index (χ1) is 10.8. The number of rotatable bonds is 2. The third-order valence-electron chi connectivity index (χ3n) is 4.52. The van der Waals surface area contributed by atoms with E-state index in [0.29, 0.717) is 0 Å². The van der Waals surface area contributed by atoms with E-state index < -0.39 is 0 Å². The number of piperazine rings is 1. The van der Waals surface area contributed by atoms with Crippen LogP contribution in [0.15, 0.2) is 42.7 Å². The maximum absolute atomic E-state index is 4.15. The normalized spacial score (nSPS) is 21.1. The predicted octanol–water partition coefficient (Wildman–Crippen LogP) is 2.37. The maximum atomic E-state index is 4.15. The zero-order chi connectivity index (χ0) is 14.9. The van der Waals surface area contributed by atoms with Gasteiger partial charge in [0.25, 0.3) is 0 Å². The molecular weight excluding hydrogens is 274 g/mol. The zero-order valence-electron chi connectivity index (χ0n) is 12.8. The lowest BCUT2D eigenvalue weighted by Crippen LogP contribution is -2.44. The van der Waals surface area contributed by atoms with Gasteiger partial charge in [0, 0.05) is 38.1 Å². The average molecular weight is 295 g/mol. The van der Waals surface area contributed by atoms with Crippen LogP contribution < -0.4 is 15.5 Å². The second-order valence-electron chi connectivity index (χ2n) is 6.02. The van der Waals surface area contributed by atoms with Gasteiger partial charge in [0.1, 0.15) is 6.17 Å². The summed E-state index contributed by atoms with van der Waals surface area (Å²) in [7, 11) is 2.18. The van der Waals surface area contributed by atoms with Gasteiger partial charge in [-0.05, 0) is 30.8 Å². The van der Waals surface area contributed by atoms with Crippen LogP contribution in [0.3, 0.4) is 0 Å². The maximum Gasteiger partial charge on any atom is 0.123 e. The van der Waals surface area contributed by atoms with E-state index in [4.69, 9.17) is 0 Å². The Morgan fingerprint density at radius 2 is 1.68 bits per heavy atom. The number of aromatic nitrogens is 1. The quantitative estimate of drug-likeness (QED) is 0.890. The van der Waals surface area contributed by atoms with Crippen LogP contribution in [0, 0.1) is 0 Å². The van der Waals surface area contributed by atoms with Crippen LogP contribution >= 0.6 is 0 Å². The Kier molecular flexibility index (Phi) is 3.35. The molecule has 0 amide bonds. The van der Waals surface area contributed by atoms with Crippen molar-refractivity contribution in [2.45, 2.75) is 6.17 Å². The van der Waals surface area contributed by atoms with Gasteiger partial charge in [0.15, 0.2) is 0 Å². The lowest BCUT2D eigenvalue weighted by Gasteiger charge is -2.34. The van der Waals surface area contributed by atoms with E-state index >= 15 is 0 Å². The highest BCUT2D eigenvalue weighted by Gasteiger charge is 2.21. The van der Waals surface area contributed by atoms with Gasteiger partial charge in [-0.1, -0.05) is 12.1 Å². The van der Waals surface area contributed by atoms with Crippen molar-refractivity contribution >= 4 is 17.1 Å². The number of benzene rings is 1. The van der Waals surface area contributed by atoms with Gasteiger partial charge in [-0.15, -0.1) is 0 Å². The van der Waals surface area contributed by atoms with Gasteiger partial charge in [-0.2, -0.15) is 0 Å². The summed E-state index contributed by atoms with van der Waals surface area (Å²) >= 11 is 0. The van der Waals surface area contributed by atoms with E-state index in [2.05, 4.69) is 56.7 Å². The molecule has 5 nitrogen and oxygen atoms in total. The highest BCUT2D eigenvalue weighted by atomic mass is 15.2. The number of pyridine rings is 1. The highest BCUT2D eigenvalue weighted by Crippen LogP contribution is 2.34. The van der Waals surface area contributed by atoms with Crippen molar-refractivity contribution in [1.29, 1.82) is 0 Å². The Bertz CT molecular complexity index is 621. The van der Waals surface area contributed by atoms with Gasteiger partial charge in [0.2, 0.25) is 0 Å². The first-order valence-electron chi connectivity index (χ1n) is 7.80. The Labute approximate surface area is 131 Å². The molecule has 1 saturated heterocycles. The smallest absolute Gasteiger partial charge is 0.123 e. The zero-order valence-corrected chi connectivity index (χ0v) is 12.8. The van der Waals surface area contributed by atoms with Gasteiger partial charge in [-0.25, -0.2) is 0 Å². The van der Waals surface area contributed by atoms with Gasteiger partial charge >= 0.3 is 0 Å². The van der Waals surface area contributed by atoms with E-state index in [0.717, 1.165) is 37.6 Å². The van der Waals surface area contributed by atoms with Crippen LogP contribution in [0.5, 0.6) is 0 Å². The molecule has 0 aliphatic carbocycles. The molecule has 2 aromatic rings. The number of anilines is 3. The molecule has 1 aromatic carbocycles. The molecule has 4 rings (SSSR count). The SMILES string of the molecule is CN1CCN(c2ccc(C3Nc4ccncc4N3)cc2)CC1. The van der Waals surface area contributed by atoms with Crippen molar-refractivity contribution in [3.63, 3.8) is 0 Å². The highest BCUT2D eigenvalue weighted by molar-refractivity contribution is 5.73. The fraction of sp³-hybridized carbons (Fsp3) is 0.353. The number of hydrogen-bond donors (Lipinski definition) is 2. The van der Waals surface area contributed by atoms with Crippen molar-refractivity contribution in [2.75, 3.05) is 48.8 Å². The van der Waals surface area contributed by atoms with E-state index in [1.54, 1.807) is 0 Å². The summed E-state index contributed by atoms with van der Waals surface area (Å²) in [5.74, 6) is 0. The molecule has 1 fully saturated rings. The molecule has 2 N–H and O–H groups in total. The third-order valence-corrected chi connectivity index (χ3v) is 4.52. The summed E-state index contributed by atoms with van der Waals surface area (Å²) in [6, 6.07) is 10.9. The van der Waals surface area contributed by atoms with E-state index in [-0.39, 0.29) is 6.17 Å². The van der Waals surface area contributed by atoms with Gasteiger partial charge < -0.3 is 20.4 Å². The minimum absolute atomic E-state index is 0.126. The van der Waals surface area contributed by atoms with E-state index in [1.807, 2.05) is 18.5 Å². The second kappa shape index (κ2) is 5.50. The van der Waals surface area contributed by atoms with Crippen LogP contribution in [-0.2, 0) is 0 Å². The topological polar surface area (TPSA) is 43.4 Å². The van der Waals surface area contributed by atoms with Crippen LogP contribution in [-0.4, -0.2) is 43.1 Å². The number of likely N-dealkylation sites (N-methyl/N-ethyl adjacent to an activating group) is 1. The minimum atomic E-state index is 0.126. The van der Waals surface area contributed by atoms with Crippen LogP contribution in [0.25, 0.3) is 0 Å². The summed E-state index contributed by atoms with van der Waals surface area (Å²) in [4.78, 5) is 8.99. The molecule has 1 aromatic heterocycles. The summed E-state index contributed by atoms with van der Waals surface area (Å²) in [5.41, 5.74) is 4.74. The standard InChI is InChI=1S/C17H21N5/c1-21-8-10-22(11-9-21)14-4-2-13(3-5-14)17-19-15-6-7-18-12-16(15)20-17/h2-7,12,17,19-20H,8-11H2,1H3. The number of fused-ring (bicyclic) bond motifs is 1. The largest absolute Gasteiger partial charge is 0.369 e. The molecule has 1 atom stereocenters. The van der Waals surface area contributed by atoms with E-state index in [1.165, 1.54) is 11.3 Å². The molecule has 22 heavy (non-hydrogen) atoms. The Morgan fingerprint density at radius 3 is 2.41 bits per heavy atom. The number of nitrogens with zero attached hydrogens (tertiary/aromatic N) is 3. The first-order valence-corrected chi connectivity index (χ1v) is 7.80. The van der Waals surface area contributed by atoms with Crippen molar-refractivity contribution in [1.82, 2.24) is 9.88 Å². The number of nitrogens with one attached hydrogen (secondary N) is 2. The van der Waals surface area contributed by atoms with Gasteiger partial charge in [0.05, 0.1) is 17.6 Å². The minimum Gasteiger partial charge on any atom is -0.369 e. The molecule has 1 unspecified atom stereocenters. The fourth-order valence-electron chi connectivity index (χ4n) is 3.09. The molecule has 0 bridgehead atoms. The lowest BCUT2D eigenvalue weighted by atomic mass is 10.1. The van der Waals surface area contributed by atoms with Crippen molar-refractivity contribution in [3.05, 3.63) is 48.3 Å². The molecule has 5 heteroatoms. The van der Waals surface area contributed by atoms with Gasteiger partial charge in [-0.3, -0.25) is 4.98 Å². The second-order valence-corrected chi connectivity index (χ2v) is 6.02. The lowest BCUT2D eigenvalue weighted by molar-refractivity contribution is 0.313. The monoisotopic (exact) mass is 295 g/mol. The Hall–Kier alpha value is -2.27. The predicted molar refractivity (Wildman–Crippen MR) is 90.4 cm³/mol. The molecule has 0 saturated carbocycles. The van der Waals surface area contributed by atoms with E-state index in [9.17, 15) is 0 Å². The summed E-state index contributed by atoms with van der Waals surface area (Å²) in [6.45, 7) is 4.48. The third kappa shape index (κ3) is 2.48.